The Hall–Kier alpha value is -2.99. The van der Waals surface area contributed by atoms with E-state index < -0.39 is 0 Å². The molecular formula is C21H23N5O. The van der Waals surface area contributed by atoms with Crippen molar-refractivity contribution in [2.75, 3.05) is 32.7 Å². The number of benzene rings is 2. The van der Waals surface area contributed by atoms with Gasteiger partial charge in [0.2, 0.25) is 0 Å². The Labute approximate surface area is 159 Å². The second-order valence-electron chi connectivity index (χ2n) is 6.76. The van der Waals surface area contributed by atoms with E-state index in [0.717, 1.165) is 50.4 Å². The van der Waals surface area contributed by atoms with Crippen molar-refractivity contribution in [3.63, 3.8) is 0 Å². The highest BCUT2D eigenvalue weighted by molar-refractivity contribution is 5.94. The standard InChI is InChI=1S/C21H23N5O/c27-21(19-6-8-20(9-7-19)26-17-22-16-23-26)25-14-12-24(13-15-25)11-10-18-4-2-1-3-5-18/h1-9,16-17H,10-15H2. The highest BCUT2D eigenvalue weighted by Crippen LogP contribution is 2.13. The second kappa shape index (κ2) is 8.14. The van der Waals surface area contributed by atoms with Gasteiger partial charge in [0, 0.05) is 38.3 Å². The van der Waals surface area contributed by atoms with Crippen LogP contribution in [0.2, 0.25) is 0 Å². The van der Waals surface area contributed by atoms with Crippen molar-refractivity contribution >= 4 is 5.91 Å². The van der Waals surface area contributed by atoms with Crippen molar-refractivity contribution in [3.8, 4) is 5.69 Å². The van der Waals surface area contributed by atoms with E-state index in [-0.39, 0.29) is 5.91 Å². The molecule has 1 saturated heterocycles. The van der Waals surface area contributed by atoms with Crippen LogP contribution in [0.5, 0.6) is 0 Å². The molecule has 3 aromatic rings. The van der Waals surface area contributed by atoms with Gasteiger partial charge in [-0.05, 0) is 36.2 Å². The lowest BCUT2D eigenvalue weighted by Gasteiger charge is -2.34. The van der Waals surface area contributed by atoms with Crippen molar-refractivity contribution in [2.45, 2.75) is 6.42 Å². The molecule has 1 aliphatic heterocycles. The molecule has 1 aromatic heterocycles. The number of nitrogens with zero attached hydrogens (tertiary/aromatic N) is 5. The van der Waals surface area contributed by atoms with Gasteiger partial charge < -0.3 is 4.90 Å². The minimum atomic E-state index is 0.0999. The zero-order valence-corrected chi connectivity index (χ0v) is 15.2. The third-order valence-corrected chi connectivity index (χ3v) is 5.02. The Kier molecular flexibility index (Phi) is 5.25. The topological polar surface area (TPSA) is 54.3 Å². The zero-order chi connectivity index (χ0) is 18.5. The average molecular weight is 361 g/mol. The molecule has 1 aliphatic rings. The third-order valence-electron chi connectivity index (χ3n) is 5.02. The molecule has 1 amide bonds. The van der Waals surface area contributed by atoms with Gasteiger partial charge in [-0.15, -0.1) is 0 Å². The molecular weight excluding hydrogens is 338 g/mol. The van der Waals surface area contributed by atoms with Crippen LogP contribution in [0.15, 0.2) is 67.3 Å². The first-order valence-electron chi connectivity index (χ1n) is 9.30. The van der Waals surface area contributed by atoms with Gasteiger partial charge in [0.25, 0.3) is 5.91 Å². The summed E-state index contributed by atoms with van der Waals surface area (Å²) in [5.74, 6) is 0.0999. The first-order chi connectivity index (χ1) is 13.3. The number of carbonyl (C=O) groups is 1. The van der Waals surface area contributed by atoms with Gasteiger partial charge in [-0.2, -0.15) is 5.10 Å². The number of amides is 1. The highest BCUT2D eigenvalue weighted by Gasteiger charge is 2.21. The monoisotopic (exact) mass is 361 g/mol. The largest absolute Gasteiger partial charge is 0.336 e. The van der Waals surface area contributed by atoms with Crippen LogP contribution in [-0.4, -0.2) is 63.2 Å². The van der Waals surface area contributed by atoms with Crippen LogP contribution in [0.3, 0.4) is 0 Å². The molecule has 138 valence electrons. The predicted octanol–water partition coefficient (Wildman–Crippen LogP) is 2.27. The molecule has 27 heavy (non-hydrogen) atoms. The minimum Gasteiger partial charge on any atom is -0.336 e. The van der Waals surface area contributed by atoms with Crippen molar-refractivity contribution < 1.29 is 4.79 Å². The Bertz CT molecular complexity index is 853. The molecule has 1 fully saturated rings. The van der Waals surface area contributed by atoms with Crippen molar-refractivity contribution in [1.29, 1.82) is 0 Å². The number of carbonyl (C=O) groups excluding carboxylic acids is 1. The normalized spacial score (nSPS) is 15.0. The number of hydrogen-bond donors (Lipinski definition) is 0. The number of piperazine rings is 1. The number of rotatable bonds is 5. The quantitative estimate of drug-likeness (QED) is 0.700. The molecule has 0 unspecified atom stereocenters. The third kappa shape index (κ3) is 4.23. The highest BCUT2D eigenvalue weighted by atomic mass is 16.2. The van der Waals surface area contributed by atoms with E-state index in [4.69, 9.17) is 0 Å². The molecule has 2 aromatic carbocycles. The summed E-state index contributed by atoms with van der Waals surface area (Å²) in [7, 11) is 0. The Morgan fingerprint density at radius 3 is 2.33 bits per heavy atom. The van der Waals surface area contributed by atoms with E-state index >= 15 is 0 Å². The van der Waals surface area contributed by atoms with Crippen LogP contribution in [-0.2, 0) is 6.42 Å². The molecule has 6 nitrogen and oxygen atoms in total. The van der Waals surface area contributed by atoms with E-state index in [9.17, 15) is 4.79 Å². The molecule has 0 saturated carbocycles. The summed E-state index contributed by atoms with van der Waals surface area (Å²) in [5, 5.41) is 4.10. The maximum atomic E-state index is 12.8. The summed E-state index contributed by atoms with van der Waals surface area (Å²) in [6, 6.07) is 18.1. The van der Waals surface area contributed by atoms with Gasteiger partial charge in [0.05, 0.1) is 5.69 Å². The smallest absolute Gasteiger partial charge is 0.253 e. The summed E-state index contributed by atoms with van der Waals surface area (Å²) in [6.45, 7) is 4.45. The minimum absolute atomic E-state index is 0.0999. The van der Waals surface area contributed by atoms with Crippen LogP contribution >= 0.6 is 0 Å². The molecule has 0 spiro atoms. The second-order valence-corrected chi connectivity index (χ2v) is 6.76. The van der Waals surface area contributed by atoms with Gasteiger partial charge in [-0.1, -0.05) is 30.3 Å². The van der Waals surface area contributed by atoms with E-state index in [2.05, 4.69) is 39.2 Å². The number of aromatic nitrogens is 3. The Morgan fingerprint density at radius 1 is 0.926 bits per heavy atom. The van der Waals surface area contributed by atoms with Crippen molar-refractivity contribution in [3.05, 3.63) is 78.4 Å². The summed E-state index contributed by atoms with van der Waals surface area (Å²) >= 11 is 0. The fraction of sp³-hybridized carbons (Fsp3) is 0.286. The van der Waals surface area contributed by atoms with Crippen LogP contribution in [0.1, 0.15) is 15.9 Å². The van der Waals surface area contributed by atoms with Crippen LogP contribution in [0.4, 0.5) is 0 Å². The molecule has 2 heterocycles. The molecule has 0 N–H and O–H groups in total. The van der Waals surface area contributed by atoms with E-state index in [1.54, 1.807) is 11.0 Å². The predicted molar refractivity (Wildman–Crippen MR) is 104 cm³/mol. The van der Waals surface area contributed by atoms with E-state index in [1.807, 2.05) is 35.2 Å². The summed E-state index contributed by atoms with van der Waals surface area (Å²) < 4.78 is 1.68. The van der Waals surface area contributed by atoms with Crippen molar-refractivity contribution in [1.82, 2.24) is 24.6 Å². The lowest BCUT2D eigenvalue weighted by atomic mass is 10.1. The van der Waals surface area contributed by atoms with Gasteiger partial charge in [-0.3, -0.25) is 9.69 Å². The van der Waals surface area contributed by atoms with E-state index in [1.165, 1.54) is 11.9 Å². The average Bonchev–Trinajstić information content (AvgIpc) is 3.28. The maximum absolute atomic E-state index is 12.8. The van der Waals surface area contributed by atoms with Crippen molar-refractivity contribution in [2.24, 2.45) is 0 Å². The lowest BCUT2D eigenvalue weighted by molar-refractivity contribution is 0.0638. The fourth-order valence-electron chi connectivity index (χ4n) is 3.39. The molecule has 4 rings (SSSR count). The van der Waals surface area contributed by atoms with Crippen LogP contribution in [0.25, 0.3) is 5.69 Å². The summed E-state index contributed by atoms with van der Waals surface area (Å²) in [5.41, 5.74) is 2.98. The summed E-state index contributed by atoms with van der Waals surface area (Å²) in [6.07, 6.45) is 4.19. The fourth-order valence-corrected chi connectivity index (χ4v) is 3.39. The van der Waals surface area contributed by atoms with E-state index in [0.29, 0.717) is 0 Å². The summed E-state index contributed by atoms with van der Waals surface area (Å²) in [4.78, 5) is 21.1. The molecule has 6 heteroatoms. The van der Waals surface area contributed by atoms with Crippen LogP contribution < -0.4 is 0 Å². The maximum Gasteiger partial charge on any atom is 0.253 e. The first kappa shape index (κ1) is 17.4. The van der Waals surface area contributed by atoms with Gasteiger partial charge in [-0.25, -0.2) is 9.67 Å². The molecule has 0 radical (unpaired) electrons. The van der Waals surface area contributed by atoms with Crippen LogP contribution in [0, 0.1) is 0 Å². The molecule has 0 bridgehead atoms. The van der Waals surface area contributed by atoms with Gasteiger partial charge in [0.15, 0.2) is 0 Å². The van der Waals surface area contributed by atoms with Gasteiger partial charge in [0.1, 0.15) is 12.7 Å². The Balaban J connectivity index is 1.29. The first-order valence-corrected chi connectivity index (χ1v) is 9.30. The lowest BCUT2D eigenvalue weighted by Crippen LogP contribution is -2.49. The van der Waals surface area contributed by atoms with Gasteiger partial charge >= 0.3 is 0 Å². The zero-order valence-electron chi connectivity index (χ0n) is 15.2. The molecule has 0 aliphatic carbocycles. The number of hydrogen-bond acceptors (Lipinski definition) is 4. The molecule has 0 atom stereocenters. The SMILES string of the molecule is O=C(c1ccc(-n2cncn2)cc1)N1CCN(CCc2ccccc2)CC1. The Morgan fingerprint density at radius 2 is 1.67 bits per heavy atom.